The van der Waals surface area contributed by atoms with Crippen molar-refractivity contribution in [3.05, 3.63) is 41.9 Å². The summed E-state index contributed by atoms with van der Waals surface area (Å²) in [6, 6.07) is 4.91. The van der Waals surface area contributed by atoms with Gasteiger partial charge in [0, 0.05) is 51.2 Å². The molecule has 1 amide bonds. The van der Waals surface area contributed by atoms with Crippen molar-refractivity contribution in [3.63, 3.8) is 0 Å². The standard InChI is InChI=1S/C21H28FN3O3/c1-21(2,3)28-20(27)25-13-15-10-16(25)12-24(15)14-6-7-17(18(22)11-14)19(26)8-9-23(4)5/h6-9,11,15-16H,10,12-13H2,1-5H3/b9-8+/t15-,16-/m1/s1. The average molecular weight is 389 g/mol. The molecule has 0 radical (unpaired) electrons. The van der Waals surface area contributed by atoms with Crippen LogP contribution in [0.25, 0.3) is 0 Å². The first-order valence-electron chi connectivity index (χ1n) is 9.50. The van der Waals surface area contributed by atoms with E-state index in [1.54, 1.807) is 36.2 Å². The predicted molar refractivity (Wildman–Crippen MR) is 106 cm³/mol. The maximum Gasteiger partial charge on any atom is 0.410 e. The van der Waals surface area contributed by atoms with Crippen molar-refractivity contribution >= 4 is 17.6 Å². The lowest BCUT2D eigenvalue weighted by Crippen LogP contribution is -2.50. The predicted octanol–water partition coefficient (Wildman–Crippen LogP) is 3.28. The second-order valence-corrected chi connectivity index (χ2v) is 8.64. The molecule has 2 fully saturated rings. The number of fused-ring (bicyclic) bond motifs is 2. The molecule has 3 rings (SSSR count). The highest BCUT2D eigenvalue weighted by Gasteiger charge is 2.46. The Morgan fingerprint density at radius 1 is 1.21 bits per heavy atom. The zero-order chi connectivity index (χ0) is 20.6. The Morgan fingerprint density at radius 2 is 1.93 bits per heavy atom. The Kier molecular flexibility index (Phi) is 5.37. The minimum atomic E-state index is -0.530. The van der Waals surface area contributed by atoms with E-state index >= 15 is 0 Å². The third-order valence-electron chi connectivity index (χ3n) is 4.94. The van der Waals surface area contributed by atoms with E-state index in [0.29, 0.717) is 13.1 Å². The fourth-order valence-electron chi connectivity index (χ4n) is 3.72. The first-order valence-corrected chi connectivity index (χ1v) is 9.50. The molecule has 0 aromatic heterocycles. The highest BCUT2D eigenvalue weighted by Crippen LogP contribution is 2.36. The van der Waals surface area contributed by atoms with Gasteiger partial charge in [-0.1, -0.05) is 0 Å². The van der Waals surface area contributed by atoms with Crippen LogP contribution in [0.1, 0.15) is 37.6 Å². The van der Waals surface area contributed by atoms with Gasteiger partial charge >= 0.3 is 6.09 Å². The molecule has 1 aromatic rings. The number of piperazine rings is 1. The molecule has 1 aromatic carbocycles. The Labute approximate surface area is 165 Å². The lowest BCUT2D eigenvalue weighted by Gasteiger charge is -2.36. The summed E-state index contributed by atoms with van der Waals surface area (Å²) in [7, 11) is 3.60. The Balaban J connectivity index is 1.68. The number of likely N-dealkylation sites (tertiary alicyclic amines) is 1. The van der Waals surface area contributed by atoms with Crippen molar-refractivity contribution in [2.75, 3.05) is 32.1 Å². The van der Waals surface area contributed by atoms with Gasteiger partial charge in [0.15, 0.2) is 5.78 Å². The highest BCUT2D eigenvalue weighted by molar-refractivity contribution is 6.04. The molecule has 0 aliphatic carbocycles. The molecule has 2 saturated heterocycles. The van der Waals surface area contributed by atoms with Crippen LogP contribution in [0.3, 0.4) is 0 Å². The summed E-state index contributed by atoms with van der Waals surface area (Å²) in [4.78, 5) is 30.1. The van der Waals surface area contributed by atoms with Gasteiger partial charge in [-0.2, -0.15) is 0 Å². The second-order valence-electron chi connectivity index (χ2n) is 8.64. The number of nitrogens with zero attached hydrogens (tertiary/aromatic N) is 3. The quantitative estimate of drug-likeness (QED) is 0.584. The Hall–Kier alpha value is -2.57. The lowest BCUT2D eigenvalue weighted by molar-refractivity contribution is 0.0214. The normalized spacial score (nSPS) is 21.5. The summed E-state index contributed by atoms with van der Waals surface area (Å²) in [6.07, 6.45) is 3.50. The van der Waals surface area contributed by atoms with Crippen molar-refractivity contribution in [3.8, 4) is 0 Å². The van der Waals surface area contributed by atoms with Gasteiger partial charge < -0.3 is 19.4 Å². The number of halogens is 1. The number of ether oxygens (including phenoxy) is 1. The maximum atomic E-state index is 14.5. The molecule has 6 nitrogen and oxygen atoms in total. The van der Waals surface area contributed by atoms with Crippen molar-refractivity contribution in [2.45, 2.75) is 44.9 Å². The summed E-state index contributed by atoms with van der Waals surface area (Å²) in [6.45, 7) is 6.76. The number of hydrogen-bond acceptors (Lipinski definition) is 5. The molecule has 0 saturated carbocycles. The number of anilines is 1. The highest BCUT2D eigenvalue weighted by atomic mass is 19.1. The average Bonchev–Trinajstić information content (AvgIpc) is 3.18. The number of allylic oxidation sites excluding steroid dienone is 1. The van der Waals surface area contributed by atoms with Gasteiger partial charge in [0.2, 0.25) is 0 Å². The molecule has 7 heteroatoms. The molecule has 152 valence electrons. The summed E-state index contributed by atoms with van der Waals surface area (Å²) in [5, 5.41) is 0. The Morgan fingerprint density at radius 3 is 2.46 bits per heavy atom. The molecule has 0 spiro atoms. The van der Waals surface area contributed by atoms with Crippen LogP contribution in [0.15, 0.2) is 30.5 Å². The fraction of sp³-hybridized carbons (Fsp3) is 0.524. The number of carbonyl (C=O) groups is 2. The molecule has 0 N–H and O–H groups in total. The number of hydrogen-bond donors (Lipinski definition) is 0. The fourth-order valence-corrected chi connectivity index (χ4v) is 3.72. The van der Waals surface area contributed by atoms with Gasteiger partial charge in [-0.3, -0.25) is 4.79 Å². The number of carbonyl (C=O) groups excluding carboxylic acids is 2. The monoisotopic (exact) mass is 389 g/mol. The summed E-state index contributed by atoms with van der Waals surface area (Å²) in [5.41, 5.74) is 0.272. The van der Waals surface area contributed by atoms with E-state index in [-0.39, 0.29) is 29.5 Å². The lowest BCUT2D eigenvalue weighted by atomic mass is 10.1. The minimum absolute atomic E-state index is 0.0570. The van der Waals surface area contributed by atoms with Crippen LogP contribution in [-0.4, -0.2) is 66.5 Å². The zero-order valence-corrected chi connectivity index (χ0v) is 17.1. The molecular formula is C21H28FN3O3. The number of benzene rings is 1. The van der Waals surface area contributed by atoms with Gasteiger partial charge in [0.05, 0.1) is 11.6 Å². The second kappa shape index (κ2) is 7.45. The topological polar surface area (TPSA) is 53.1 Å². The first-order chi connectivity index (χ1) is 13.0. The van der Waals surface area contributed by atoms with Crippen molar-refractivity contribution in [1.82, 2.24) is 9.80 Å². The maximum absolute atomic E-state index is 14.5. The van der Waals surface area contributed by atoms with Crippen molar-refractivity contribution in [2.24, 2.45) is 0 Å². The van der Waals surface area contributed by atoms with Gasteiger partial charge in [-0.05, 0) is 45.4 Å². The summed E-state index contributed by atoms with van der Waals surface area (Å²) in [5.74, 6) is -0.894. The van der Waals surface area contributed by atoms with E-state index < -0.39 is 11.4 Å². The van der Waals surface area contributed by atoms with E-state index in [0.717, 1.165) is 12.1 Å². The minimum Gasteiger partial charge on any atom is -0.444 e. The van der Waals surface area contributed by atoms with Crippen LogP contribution < -0.4 is 4.90 Å². The number of ketones is 1. The number of rotatable bonds is 4. The van der Waals surface area contributed by atoms with Gasteiger partial charge in [-0.15, -0.1) is 0 Å². The van der Waals surface area contributed by atoms with E-state index in [2.05, 4.69) is 4.90 Å². The van der Waals surface area contributed by atoms with Crippen LogP contribution in [0.4, 0.5) is 14.9 Å². The first kappa shape index (κ1) is 20.2. The Bertz CT molecular complexity index is 801. The third-order valence-corrected chi connectivity index (χ3v) is 4.94. The van der Waals surface area contributed by atoms with Crippen LogP contribution in [0.2, 0.25) is 0 Å². The molecular weight excluding hydrogens is 361 g/mol. The van der Waals surface area contributed by atoms with Gasteiger partial charge in [0.1, 0.15) is 11.4 Å². The molecule has 28 heavy (non-hydrogen) atoms. The molecule has 2 aliphatic heterocycles. The SMILES string of the molecule is CN(C)/C=C/C(=O)c1ccc(N2C[C@H]3C[C@@H]2CN3C(=O)OC(C)(C)C)cc1F. The molecule has 2 atom stereocenters. The van der Waals surface area contributed by atoms with E-state index in [1.165, 1.54) is 18.2 Å². The largest absolute Gasteiger partial charge is 0.444 e. The zero-order valence-electron chi connectivity index (χ0n) is 17.1. The smallest absolute Gasteiger partial charge is 0.410 e. The van der Waals surface area contributed by atoms with E-state index in [9.17, 15) is 14.0 Å². The van der Waals surface area contributed by atoms with Crippen molar-refractivity contribution in [1.29, 1.82) is 0 Å². The van der Waals surface area contributed by atoms with Crippen LogP contribution in [0, 0.1) is 5.82 Å². The third kappa shape index (κ3) is 4.29. The summed E-state index contributed by atoms with van der Waals surface area (Å²) >= 11 is 0. The molecule has 2 heterocycles. The van der Waals surface area contributed by atoms with Gasteiger partial charge in [-0.25, -0.2) is 9.18 Å². The summed E-state index contributed by atoms with van der Waals surface area (Å²) < 4.78 is 20.0. The van der Waals surface area contributed by atoms with E-state index in [1.807, 2.05) is 20.8 Å². The van der Waals surface area contributed by atoms with Crippen LogP contribution in [0.5, 0.6) is 0 Å². The van der Waals surface area contributed by atoms with Gasteiger partial charge in [0.25, 0.3) is 0 Å². The van der Waals surface area contributed by atoms with E-state index in [4.69, 9.17) is 4.74 Å². The molecule has 2 aliphatic rings. The van der Waals surface area contributed by atoms with Crippen LogP contribution >= 0.6 is 0 Å². The molecule has 2 bridgehead atoms. The molecule has 0 unspecified atom stereocenters. The number of amides is 1. The van der Waals surface area contributed by atoms with Crippen LogP contribution in [-0.2, 0) is 4.74 Å². The van der Waals surface area contributed by atoms with Crippen molar-refractivity contribution < 1.29 is 18.7 Å².